The van der Waals surface area contributed by atoms with E-state index < -0.39 is 0 Å². The summed E-state index contributed by atoms with van der Waals surface area (Å²) in [7, 11) is 0. The molecular weight excluding hydrogens is 269 g/mol. The van der Waals surface area contributed by atoms with Crippen molar-refractivity contribution in [3.8, 4) is 0 Å². The molecule has 1 aliphatic heterocycles. The summed E-state index contributed by atoms with van der Waals surface area (Å²) in [5.74, 6) is -0.128. The molecule has 1 aliphatic rings. The number of carbonyl (C=O) groups excluding carboxylic acids is 1. The monoisotopic (exact) mass is 293 g/mol. The lowest BCUT2D eigenvalue weighted by molar-refractivity contribution is -0.126. The van der Waals surface area contributed by atoms with E-state index in [1.54, 1.807) is 12.1 Å². The van der Waals surface area contributed by atoms with E-state index in [2.05, 4.69) is 15.1 Å². The van der Waals surface area contributed by atoms with Crippen LogP contribution in [0.2, 0.25) is 0 Å². The summed E-state index contributed by atoms with van der Waals surface area (Å²) < 4.78 is 12.9. The van der Waals surface area contributed by atoms with E-state index in [0.29, 0.717) is 0 Å². The summed E-state index contributed by atoms with van der Waals surface area (Å²) in [5.41, 5.74) is 1.04. The minimum atomic E-state index is -0.212. The number of amides is 1. The van der Waals surface area contributed by atoms with E-state index in [0.717, 1.165) is 31.9 Å². The molecule has 1 saturated heterocycles. The van der Waals surface area contributed by atoms with Crippen LogP contribution in [0.25, 0.3) is 0 Å². The summed E-state index contributed by atoms with van der Waals surface area (Å²) in [5, 5.41) is 2.95. The normalized spacial score (nSPS) is 17.9. The highest BCUT2D eigenvalue weighted by molar-refractivity contribution is 5.81. The lowest BCUT2D eigenvalue weighted by Crippen LogP contribution is -2.54. The van der Waals surface area contributed by atoms with Crippen LogP contribution < -0.4 is 10.2 Å². The molecule has 1 heterocycles. The van der Waals surface area contributed by atoms with Crippen molar-refractivity contribution in [3.63, 3.8) is 0 Å². The molecule has 1 fully saturated rings. The topological polar surface area (TPSA) is 35.6 Å². The number of piperazine rings is 1. The van der Waals surface area contributed by atoms with E-state index in [4.69, 9.17) is 0 Å². The third-order valence-corrected chi connectivity index (χ3v) is 3.86. The van der Waals surface area contributed by atoms with Crippen LogP contribution in [-0.4, -0.2) is 49.1 Å². The zero-order valence-electron chi connectivity index (χ0n) is 13.0. The largest absolute Gasteiger partial charge is 0.369 e. The minimum Gasteiger partial charge on any atom is -0.369 e. The van der Waals surface area contributed by atoms with Crippen molar-refractivity contribution in [2.24, 2.45) is 0 Å². The SMILES string of the molecule is CC(C)NC(=O)[C@@H](C)N1CCN(c2ccc(F)cc2)CC1. The Hall–Kier alpha value is -1.62. The number of nitrogens with one attached hydrogen (secondary N) is 1. The number of anilines is 1. The lowest BCUT2D eigenvalue weighted by atomic mass is 10.2. The van der Waals surface area contributed by atoms with Crippen LogP contribution in [-0.2, 0) is 4.79 Å². The third-order valence-electron chi connectivity index (χ3n) is 3.86. The van der Waals surface area contributed by atoms with Crippen LogP contribution in [0.5, 0.6) is 0 Å². The smallest absolute Gasteiger partial charge is 0.237 e. The Kier molecular flexibility index (Phi) is 5.17. The molecule has 0 aliphatic carbocycles. The average molecular weight is 293 g/mol. The molecule has 0 aromatic heterocycles. The molecular formula is C16H24FN3O. The van der Waals surface area contributed by atoms with Gasteiger partial charge in [0.15, 0.2) is 0 Å². The summed E-state index contributed by atoms with van der Waals surface area (Å²) in [4.78, 5) is 16.5. The molecule has 116 valence electrons. The predicted octanol–water partition coefficient (Wildman–Crippen LogP) is 1.86. The van der Waals surface area contributed by atoms with Gasteiger partial charge < -0.3 is 10.2 Å². The minimum absolute atomic E-state index is 0.0835. The van der Waals surface area contributed by atoms with E-state index in [-0.39, 0.29) is 23.8 Å². The van der Waals surface area contributed by atoms with Gasteiger partial charge in [-0.15, -0.1) is 0 Å². The Morgan fingerprint density at radius 1 is 1.10 bits per heavy atom. The maximum Gasteiger partial charge on any atom is 0.237 e. The van der Waals surface area contributed by atoms with Crippen molar-refractivity contribution in [1.82, 2.24) is 10.2 Å². The quantitative estimate of drug-likeness (QED) is 0.920. The van der Waals surface area contributed by atoms with Gasteiger partial charge in [-0.1, -0.05) is 0 Å². The Balaban J connectivity index is 1.88. The predicted molar refractivity (Wildman–Crippen MR) is 82.9 cm³/mol. The number of halogens is 1. The van der Waals surface area contributed by atoms with Crippen molar-refractivity contribution in [2.75, 3.05) is 31.1 Å². The molecule has 1 aromatic rings. The van der Waals surface area contributed by atoms with E-state index in [1.807, 2.05) is 20.8 Å². The van der Waals surface area contributed by atoms with Crippen molar-refractivity contribution in [2.45, 2.75) is 32.9 Å². The van der Waals surface area contributed by atoms with E-state index >= 15 is 0 Å². The van der Waals surface area contributed by atoms with Gasteiger partial charge in [0.2, 0.25) is 5.91 Å². The molecule has 0 saturated carbocycles. The zero-order chi connectivity index (χ0) is 15.4. The third kappa shape index (κ3) is 4.17. The summed E-state index contributed by atoms with van der Waals surface area (Å²) >= 11 is 0. The fourth-order valence-corrected chi connectivity index (χ4v) is 2.59. The maximum atomic E-state index is 12.9. The Labute approximate surface area is 125 Å². The van der Waals surface area contributed by atoms with Crippen molar-refractivity contribution in [1.29, 1.82) is 0 Å². The Morgan fingerprint density at radius 3 is 2.19 bits per heavy atom. The van der Waals surface area contributed by atoms with Crippen LogP contribution in [0.3, 0.4) is 0 Å². The van der Waals surface area contributed by atoms with Gasteiger partial charge in [0.25, 0.3) is 0 Å². The van der Waals surface area contributed by atoms with Crippen LogP contribution >= 0.6 is 0 Å². The molecule has 2 rings (SSSR count). The van der Waals surface area contributed by atoms with Gasteiger partial charge in [0.05, 0.1) is 6.04 Å². The fourth-order valence-electron chi connectivity index (χ4n) is 2.59. The molecule has 5 heteroatoms. The molecule has 0 radical (unpaired) electrons. The average Bonchev–Trinajstić information content (AvgIpc) is 2.47. The van der Waals surface area contributed by atoms with Gasteiger partial charge >= 0.3 is 0 Å². The van der Waals surface area contributed by atoms with Crippen LogP contribution in [0.15, 0.2) is 24.3 Å². The second-order valence-corrected chi connectivity index (χ2v) is 5.84. The van der Waals surface area contributed by atoms with Crippen molar-refractivity contribution in [3.05, 3.63) is 30.1 Å². The molecule has 0 unspecified atom stereocenters. The molecule has 0 spiro atoms. The zero-order valence-corrected chi connectivity index (χ0v) is 13.0. The maximum absolute atomic E-state index is 12.9. The molecule has 21 heavy (non-hydrogen) atoms. The number of carbonyl (C=O) groups is 1. The Morgan fingerprint density at radius 2 is 1.67 bits per heavy atom. The molecule has 4 nitrogen and oxygen atoms in total. The van der Waals surface area contributed by atoms with Gasteiger partial charge in [-0.3, -0.25) is 9.69 Å². The fraction of sp³-hybridized carbons (Fsp3) is 0.562. The summed E-state index contributed by atoms with van der Waals surface area (Å²) in [6.45, 7) is 9.27. The van der Waals surface area contributed by atoms with Crippen LogP contribution in [0.1, 0.15) is 20.8 Å². The number of hydrogen-bond acceptors (Lipinski definition) is 3. The lowest BCUT2D eigenvalue weighted by Gasteiger charge is -2.38. The second-order valence-electron chi connectivity index (χ2n) is 5.84. The first-order chi connectivity index (χ1) is 9.97. The second kappa shape index (κ2) is 6.89. The highest BCUT2D eigenvalue weighted by atomic mass is 19.1. The molecule has 1 aromatic carbocycles. The first-order valence-electron chi connectivity index (χ1n) is 7.52. The number of benzene rings is 1. The van der Waals surface area contributed by atoms with E-state index in [1.165, 1.54) is 12.1 Å². The van der Waals surface area contributed by atoms with Gasteiger partial charge in [-0.05, 0) is 45.0 Å². The first-order valence-corrected chi connectivity index (χ1v) is 7.52. The molecule has 1 amide bonds. The molecule has 1 atom stereocenters. The van der Waals surface area contributed by atoms with Crippen molar-refractivity contribution >= 4 is 11.6 Å². The standard InChI is InChI=1S/C16H24FN3O/c1-12(2)18-16(21)13(3)19-8-10-20(11-9-19)15-6-4-14(17)5-7-15/h4-7,12-13H,8-11H2,1-3H3,(H,18,21)/t13-/m1/s1. The molecule has 1 N–H and O–H groups in total. The molecule has 0 bridgehead atoms. The van der Waals surface area contributed by atoms with Crippen LogP contribution in [0, 0.1) is 5.82 Å². The highest BCUT2D eigenvalue weighted by Gasteiger charge is 2.25. The van der Waals surface area contributed by atoms with Gasteiger partial charge in [0.1, 0.15) is 5.82 Å². The number of nitrogens with zero attached hydrogens (tertiary/aromatic N) is 2. The van der Waals surface area contributed by atoms with Gasteiger partial charge in [-0.25, -0.2) is 4.39 Å². The Bertz CT molecular complexity index is 467. The van der Waals surface area contributed by atoms with Gasteiger partial charge in [-0.2, -0.15) is 0 Å². The number of rotatable bonds is 4. The van der Waals surface area contributed by atoms with Crippen LogP contribution in [0.4, 0.5) is 10.1 Å². The summed E-state index contributed by atoms with van der Waals surface area (Å²) in [6, 6.07) is 6.64. The first kappa shape index (κ1) is 15.8. The number of hydrogen-bond donors (Lipinski definition) is 1. The van der Waals surface area contributed by atoms with Crippen molar-refractivity contribution < 1.29 is 9.18 Å². The summed E-state index contributed by atoms with van der Waals surface area (Å²) in [6.07, 6.45) is 0. The van der Waals surface area contributed by atoms with Gasteiger partial charge in [0, 0.05) is 37.9 Å². The highest BCUT2D eigenvalue weighted by Crippen LogP contribution is 2.17. The van der Waals surface area contributed by atoms with E-state index in [9.17, 15) is 9.18 Å².